The van der Waals surface area contributed by atoms with Gasteiger partial charge >= 0.3 is 0 Å². The van der Waals surface area contributed by atoms with E-state index in [2.05, 4.69) is 46.5 Å². The predicted octanol–water partition coefficient (Wildman–Crippen LogP) is 2.64. The summed E-state index contributed by atoms with van der Waals surface area (Å²) in [7, 11) is 1.85. The molecule has 0 amide bonds. The highest BCUT2D eigenvalue weighted by molar-refractivity contribution is 7.11. The fourth-order valence-corrected chi connectivity index (χ4v) is 3.91. The lowest BCUT2D eigenvalue weighted by atomic mass is 10.1. The molecule has 2 heterocycles. The smallest absolute Gasteiger partial charge is 0.191 e. The summed E-state index contributed by atoms with van der Waals surface area (Å²) in [6.07, 6.45) is 5.15. The van der Waals surface area contributed by atoms with Gasteiger partial charge in [-0.3, -0.25) is 4.99 Å². The lowest BCUT2D eigenvalue weighted by Crippen LogP contribution is -2.45. The molecule has 0 spiro atoms. The summed E-state index contributed by atoms with van der Waals surface area (Å²) in [5, 5.41) is 6.93. The Morgan fingerprint density at radius 2 is 2.09 bits per heavy atom. The Morgan fingerprint density at radius 3 is 2.73 bits per heavy atom. The summed E-state index contributed by atoms with van der Waals surface area (Å²) < 4.78 is 0. The molecule has 2 N–H and O–H groups in total. The quantitative estimate of drug-likeness (QED) is 0.625. The van der Waals surface area contributed by atoms with Gasteiger partial charge in [-0.1, -0.05) is 6.42 Å². The van der Waals surface area contributed by atoms with Crippen molar-refractivity contribution in [1.29, 1.82) is 0 Å². The molecule has 5 heteroatoms. The molecule has 1 aromatic rings. The number of rotatable bonds is 6. The molecule has 0 saturated carbocycles. The molecule has 2 rings (SSSR count). The van der Waals surface area contributed by atoms with Gasteiger partial charge in [0.2, 0.25) is 0 Å². The van der Waals surface area contributed by atoms with Gasteiger partial charge in [-0.25, -0.2) is 0 Å². The maximum atomic E-state index is 4.34. The van der Waals surface area contributed by atoms with Crippen LogP contribution in [0.3, 0.4) is 0 Å². The number of aryl methyl sites for hydroxylation is 1. The molecule has 0 aliphatic carbocycles. The molecule has 1 saturated heterocycles. The second-order valence-electron chi connectivity index (χ2n) is 6.16. The van der Waals surface area contributed by atoms with Gasteiger partial charge in [0, 0.05) is 42.4 Å². The molecule has 0 bridgehead atoms. The van der Waals surface area contributed by atoms with E-state index in [4.69, 9.17) is 0 Å². The number of guanidine groups is 1. The second-order valence-corrected chi connectivity index (χ2v) is 7.54. The summed E-state index contributed by atoms with van der Waals surface area (Å²) in [6, 6.07) is 4.81. The van der Waals surface area contributed by atoms with E-state index < -0.39 is 0 Å². The Bertz CT molecular complexity index is 463. The Hall–Kier alpha value is -1.07. The minimum absolute atomic E-state index is 0.388. The van der Waals surface area contributed by atoms with E-state index in [-0.39, 0.29) is 0 Å². The molecule has 0 radical (unpaired) electrons. The number of piperidine rings is 1. The zero-order valence-corrected chi connectivity index (χ0v) is 15.0. The molecule has 22 heavy (non-hydrogen) atoms. The van der Waals surface area contributed by atoms with E-state index in [1.807, 2.05) is 18.4 Å². The first-order chi connectivity index (χ1) is 10.7. The zero-order chi connectivity index (χ0) is 15.8. The Morgan fingerprint density at radius 1 is 1.32 bits per heavy atom. The Balaban J connectivity index is 1.67. The van der Waals surface area contributed by atoms with E-state index in [1.54, 1.807) is 0 Å². The number of thiophene rings is 1. The first kappa shape index (κ1) is 17.3. The molecule has 124 valence electrons. The number of nitrogens with zero attached hydrogens (tertiary/aromatic N) is 2. The molecule has 1 atom stereocenters. The van der Waals surface area contributed by atoms with Crippen molar-refractivity contribution in [2.24, 2.45) is 4.99 Å². The predicted molar refractivity (Wildman–Crippen MR) is 97.0 cm³/mol. The number of nitrogens with one attached hydrogen (secondary N) is 2. The normalized spacial score (nSPS) is 18.2. The third-order valence-electron chi connectivity index (χ3n) is 4.08. The zero-order valence-electron chi connectivity index (χ0n) is 14.2. The van der Waals surface area contributed by atoms with Gasteiger partial charge in [-0.15, -0.1) is 11.3 Å². The summed E-state index contributed by atoms with van der Waals surface area (Å²) in [6.45, 7) is 8.95. The van der Waals surface area contributed by atoms with Gasteiger partial charge in [0.15, 0.2) is 5.96 Å². The fraction of sp³-hybridized carbons (Fsp3) is 0.706. The molecule has 1 aliphatic heterocycles. The number of hydrogen-bond donors (Lipinski definition) is 2. The van der Waals surface area contributed by atoms with E-state index in [0.717, 1.165) is 25.5 Å². The van der Waals surface area contributed by atoms with Gasteiger partial charge in [0.05, 0.1) is 0 Å². The maximum absolute atomic E-state index is 4.34. The summed E-state index contributed by atoms with van der Waals surface area (Å²) >= 11 is 1.88. The van der Waals surface area contributed by atoms with E-state index in [0.29, 0.717) is 6.04 Å². The minimum Gasteiger partial charge on any atom is -0.355 e. The minimum atomic E-state index is 0.388. The summed E-state index contributed by atoms with van der Waals surface area (Å²) in [5.41, 5.74) is 0. The average molecular weight is 323 g/mol. The van der Waals surface area contributed by atoms with Crippen LogP contribution in [0, 0.1) is 6.92 Å². The number of hydrogen-bond acceptors (Lipinski definition) is 3. The van der Waals surface area contributed by atoms with Crippen molar-refractivity contribution >= 4 is 17.3 Å². The highest BCUT2D eigenvalue weighted by atomic mass is 32.1. The highest BCUT2D eigenvalue weighted by Crippen LogP contribution is 2.16. The van der Waals surface area contributed by atoms with Crippen LogP contribution in [0.2, 0.25) is 0 Å². The van der Waals surface area contributed by atoms with Crippen LogP contribution in [0.4, 0.5) is 0 Å². The van der Waals surface area contributed by atoms with Crippen molar-refractivity contribution in [3.8, 4) is 0 Å². The standard InChI is InChI=1S/C17H30N4S/c1-14(13-16-8-7-15(2)22-16)20-17(18-3)19-9-12-21-10-5-4-6-11-21/h7-8,14H,4-6,9-13H2,1-3H3,(H2,18,19,20). The molecule has 1 aromatic heterocycles. The van der Waals surface area contributed by atoms with Gasteiger partial charge in [-0.2, -0.15) is 0 Å². The van der Waals surface area contributed by atoms with Gasteiger partial charge < -0.3 is 15.5 Å². The molecule has 1 unspecified atom stereocenters. The van der Waals surface area contributed by atoms with E-state index in [9.17, 15) is 0 Å². The third-order valence-corrected chi connectivity index (χ3v) is 5.10. The van der Waals surface area contributed by atoms with E-state index >= 15 is 0 Å². The molecule has 0 aromatic carbocycles. The van der Waals surface area contributed by atoms with Crippen molar-refractivity contribution < 1.29 is 0 Å². The van der Waals surface area contributed by atoms with Crippen LogP contribution in [0.15, 0.2) is 17.1 Å². The van der Waals surface area contributed by atoms with Crippen molar-refractivity contribution in [1.82, 2.24) is 15.5 Å². The average Bonchev–Trinajstić information content (AvgIpc) is 2.92. The lowest BCUT2D eigenvalue weighted by molar-refractivity contribution is 0.232. The van der Waals surface area contributed by atoms with Crippen molar-refractivity contribution in [2.45, 2.75) is 45.6 Å². The topological polar surface area (TPSA) is 39.7 Å². The highest BCUT2D eigenvalue weighted by Gasteiger charge is 2.10. The van der Waals surface area contributed by atoms with Crippen LogP contribution in [0.1, 0.15) is 35.9 Å². The monoisotopic (exact) mass is 322 g/mol. The fourth-order valence-electron chi connectivity index (χ4n) is 2.89. The Labute approximate surface area is 139 Å². The molecular formula is C17H30N4S. The third kappa shape index (κ3) is 5.97. The second kappa shape index (κ2) is 9.16. The molecular weight excluding hydrogens is 292 g/mol. The van der Waals surface area contributed by atoms with Crippen LogP contribution in [-0.2, 0) is 6.42 Å². The van der Waals surface area contributed by atoms with E-state index in [1.165, 1.54) is 42.1 Å². The van der Waals surface area contributed by atoms with Crippen LogP contribution in [-0.4, -0.2) is 50.1 Å². The van der Waals surface area contributed by atoms with Gasteiger partial charge in [0.1, 0.15) is 0 Å². The first-order valence-corrected chi connectivity index (χ1v) is 9.24. The van der Waals surface area contributed by atoms with Gasteiger partial charge in [-0.05, 0) is 51.9 Å². The van der Waals surface area contributed by atoms with Crippen LogP contribution < -0.4 is 10.6 Å². The molecule has 1 fully saturated rings. The van der Waals surface area contributed by atoms with Crippen molar-refractivity contribution in [2.75, 3.05) is 33.2 Å². The number of aliphatic imine (C=N–C) groups is 1. The first-order valence-electron chi connectivity index (χ1n) is 8.42. The lowest BCUT2D eigenvalue weighted by Gasteiger charge is -2.27. The molecule has 1 aliphatic rings. The SMILES string of the molecule is CN=C(NCCN1CCCCC1)NC(C)Cc1ccc(C)s1. The maximum Gasteiger partial charge on any atom is 0.191 e. The Kier molecular flexibility index (Phi) is 7.19. The number of likely N-dealkylation sites (tertiary alicyclic amines) is 1. The van der Waals surface area contributed by atoms with Gasteiger partial charge in [0.25, 0.3) is 0 Å². The molecule has 4 nitrogen and oxygen atoms in total. The van der Waals surface area contributed by atoms with Crippen LogP contribution >= 0.6 is 11.3 Å². The van der Waals surface area contributed by atoms with Crippen LogP contribution in [0.5, 0.6) is 0 Å². The summed E-state index contributed by atoms with van der Waals surface area (Å²) in [5.74, 6) is 0.915. The van der Waals surface area contributed by atoms with Crippen molar-refractivity contribution in [3.05, 3.63) is 21.9 Å². The largest absolute Gasteiger partial charge is 0.355 e. The van der Waals surface area contributed by atoms with Crippen molar-refractivity contribution in [3.63, 3.8) is 0 Å². The van der Waals surface area contributed by atoms with Crippen LogP contribution in [0.25, 0.3) is 0 Å². The summed E-state index contributed by atoms with van der Waals surface area (Å²) in [4.78, 5) is 9.69.